The molecule has 3 aromatic heterocycles. The van der Waals surface area contributed by atoms with Gasteiger partial charge in [-0.1, -0.05) is 38.1 Å². The molecule has 0 atom stereocenters. The molecular weight excluding hydrogens is 576 g/mol. The molecule has 0 unspecified atom stereocenters. The number of hydrogen-bond acceptors (Lipinski definition) is 3. The van der Waals surface area contributed by atoms with Crippen molar-refractivity contribution in [3.05, 3.63) is 130 Å². The summed E-state index contributed by atoms with van der Waals surface area (Å²) < 4.78 is 10.8. The van der Waals surface area contributed by atoms with Gasteiger partial charge in [-0.3, -0.25) is 4.57 Å². The second-order valence-electron chi connectivity index (χ2n) is 13.2. The van der Waals surface area contributed by atoms with Crippen molar-refractivity contribution in [1.82, 2.24) is 19.3 Å². The Morgan fingerprint density at radius 3 is 2.06 bits per heavy atom. The summed E-state index contributed by atoms with van der Waals surface area (Å²) in [6.07, 6.45) is 1.87. The molecule has 5 heteroatoms. The fourth-order valence-electron chi connectivity index (χ4n) is 7.56. The van der Waals surface area contributed by atoms with E-state index in [0.29, 0.717) is 5.92 Å². The molecule has 0 bridgehead atoms. The van der Waals surface area contributed by atoms with Gasteiger partial charge in [0.25, 0.3) is 0 Å². The number of hydrogen-bond donors (Lipinski definition) is 0. The molecule has 0 aliphatic rings. The van der Waals surface area contributed by atoms with Gasteiger partial charge in [-0.25, -0.2) is 9.67 Å². The maximum absolute atomic E-state index is 6.55. The van der Waals surface area contributed by atoms with Crippen LogP contribution >= 0.6 is 0 Å². The van der Waals surface area contributed by atoms with Crippen LogP contribution in [0.4, 0.5) is 0 Å². The van der Waals surface area contributed by atoms with E-state index < -0.39 is 0 Å². The first kappa shape index (κ1) is 30.5. The second-order valence-corrected chi connectivity index (χ2v) is 13.2. The highest BCUT2D eigenvalue weighted by Gasteiger charge is 2.23. The number of benzene rings is 4. The number of ether oxygens (including phenoxy) is 1. The third-order valence-electron chi connectivity index (χ3n) is 9.87. The summed E-state index contributed by atoms with van der Waals surface area (Å²) in [5.74, 6) is 2.90. The van der Waals surface area contributed by atoms with E-state index >= 15 is 0 Å². The molecule has 236 valence electrons. The molecule has 0 aliphatic heterocycles. The summed E-state index contributed by atoms with van der Waals surface area (Å²) in [6.45, 7) is 20.0. The minimum atomic E-state index is 0.484. The van der Waals surface area contributed by atoms with Gasteiger partial charge in [0, 0.05) is 40.4 Å². The zero-order valence-corrected chi connectivity index (χ0v) is 28.9. The molecule has 0 aliphatic carbocycles. The van der Waals surface area contributed by atoms with Gasteiger partial charge < -0.3 is 4.74 Å². The van der Waals surface area contributed by atoms with E-state index in [1.807, 2.05) is 30.5 Å². The van der Waals surface area contributed by atoms with Crippen LogP contribution in [0.25, 0.3) is 44.4 Å². The third-order valence-corrected chi connectivity index (χ3v) is 9.87. The van der Waals surface area contributed by atoms with Gasteiger partial charge in [-0.15, -0.1) is 0 Å². The van der Waals surface area contributed by atoms with Crippen LogP contribution in [0.3, 0.4) is 0 Å². The molecule has 0 amide bonds. The molecule has 0 radical (unpaired) electrons. The van der Waals surface area contributed by atoms with Crippen LogP contribution in [-0.2, 0) is 0 Å². The number of nitrogens with zero attached hydrogens (tertiary/aromatic N) is 4. The Morgan fingerprint density at radius 1 is 0.638 bits per heavy atom. The highest BCUT2D eigenvalue weighted by Crippen LogP contribution is 2.41. The summed E-state index contributed by atoms with van der Waals surface area (Å²) in [5.41, 5.74) is 15.9. The maximum atomic E-state index is 6.55. The average Bonchev–Trinajstić information content (AvgIpc) is 3.53. The van der Waals surface area contributed by atoms with Gasteiger partial charge in [0.15, 0.2) is 0 Å². The van der Waals surface area contributed by atoms with Crippen molar-refractivity contribution in [2.45, 2.75) is 68.2 Å². The van der Waals surface area contributed by atoms with Gasteiger partial charge in [-0.05, 0) is 136 Å². The predicted octanol–water partition coefficient (Wildman–Crippen LogP) is 11.1. The molecule has 7 aromatic rings. The van der Waals surface area contributed by atoms with Crippen molar-refractivity contribution in [2.24, 2.45) is 0 Å². The van der Waals surface area contributed by atoms with Crippen LogP contribution < -0.4 is 4.74 Å². The van der Waals surface area contributed by atoms with E-state index in [2.05, 4.69) is 126 Å². The molecular formula is C42H42N4O. The molecule has 47 heavy (non-hydrogen) atoms. The molecule has 0 fully saturated rings. The average molecular weight is 619 g/mol. The smallest absolute Gasteiger partial charge is 0.137 e. The van der Waals surface area contributed by atoms with Gasteiger partial charge in [-0.2, -0.15) is 5.10 Å². The quantitative estimate of drug-likeness (QED) is 0.186. The van der Waals surface area contributed by atoms with Gasteiger partial charge >= 0.3 is 0 Å². The fourth-order valence-corrected chi connectivity index (χ4v) is 7.56. The minimum Gasteiger partial charge on any atom is -0.457 e. The summed E-state index contributed by atoms with van der Waals surface area (Å²) >= 11 is 0. The van der Waals surface area contributed by atoms with E-state index in [1.165, 1.54) is 49.9 Å². The lowest BCUT2D eigenvalue weighted by atomic mass is 9.82. The number of aromatic nitrogens is 4. The van der Waals surface area contributed by atoms with Crippen molar-refractivity contribution < 1.29 is 4.74 Å². The number of rotatable bonds is 6. The molecule has 5 nitrogen and oxygen atoms in total. The number of aryl methyl sites for hydroxylation is 2. The normalized spacial score (nSPS) is 11.7. The van der Waals surface area contributed by atoms with Gasteiger partial charge in [0.05, 0.1) is 22.4 Å². The lowest BCUT2D eigenvalue weighted by Gasteiger charge is -2.23. The first-order valence-corrected chi connectivity index (χ1v) is 16.5. The number of para-hydroxylation sites is 1. The molecule has 7 rings (SSSR count). The van der Waals surface area contributed by atoms with E-state index in [4.69, 9.17) is 14.8 Å². The first-order valence-electron chi connectivity index (χ1n) is 16.5. The SMILES string of the molecule is Cc1ccnc(-n2c3ccccc3c3ccc(Oc4cccc(-n5nc(C)c(-c6c(C)c(C)c(C(C)C)c(C)c6C)c5C)c4)cc32)c1. The van der Waals surface area contributed by atoms with Gasteiger partial charge in [0.1, 0.15) is 17.3 Å². The van der Waals surface area contributed by atoms with Crippen LogP contribution in [0.15, 0.2) is 85.1 Å². The largest absolute Gasteiger partial charge is 0.457 e. The molecule has 0 N–H and O–H groups in total. The molecule has 4 aromatic carbocycles. The first-order chi connectivity index (χ1) is 22.5. The maximum Gasteiger partial charge on any atom is 0.137 e. The lowest BCUT2D eigenvalue weighted by molar-refractivity contribution is 0.482. The lowest BCUT2D eigenvalue weighted by Crippen LogP contribution is -2.05. The van der Waals surface area contributed by atoms with Crippen molar-refractivity contribution >= 4 is 21.8 Å². The minimum absolute atomic E-state index is 0.484. The highest BCUT2D eigenvalue weighted by molar-refractivity contribution is 6.09. The Morgan fingerprint density at radius 2 is 1.34 bits per heavy atom. The molecule has 3 heterocycles. The molecule has 0 saturated carbocycles. The second kappa shape index (κ2) is 11.6. The van der Waals surface area contributed by atoms with Crippen LogP contribution in [0, 0.1) is 48.5 Å². The molecule has 0 saturated heterocycles. The number of fused-ring (bicyclic) bond motifs is 3. The summed E-state index contributed by atoms with van der Waals surface area (Å²) in [4.78, 5) is 4.72. The van der Waals surface area contributed by atoms with E-state index in [0.717, 1.165) is 50.8 Å². The molecule has 0 spiro atoms. The summed E-state index contributed by atoms with van der Waals surface area (Å²) in [7, 11) is 0. The van der Waals surface area contributed by atoms with Crippen LogP contribution in [0.5, 0.6) is 11.5 Å². The van der Waals surface area contributed by atoms with E-state index in [-0.39, 0.29) is 0 Å². The van der Waals surface area contributed by atoms with Crippen molar-refractivity contribution in [3.8, 4) is 34.1 Å². The van der Waals surface area contributed by atoms with E-state index in [9.17, 15) is 0 Å². The Balaban J connectivity index is 1.29. The van der Waals surface area contributed by atoms with Crippen LogP contribution in [0.2, 0.25) is 0 Å². The Hall–Kier alpha value is -5.16. The van der Waals surface area contributed by atoms with Crippen molar-refractivity contribution in [2.75, 3.05) is 0 Å². The summed E-state index contributed by atoms with van der Waals surface area (Å²) in [6, 6.07) is 27.1. The van der Waals surface area contributed by atoms with Crippen LogP contribution in [-0.4, -0.2) is 19.3 Å². The monoisotopic (exact) mass is 618 g/mol. The van der Waals surface area contributed by atoms with Crippen molar-refractivity contribution in [1.29, 1.82) is 0 Å². The predicted molar refractivity (Wildman–Crippen MR) is 195 cm³/mol. The fraction of sp³-hybridized carbons (Fsp3) is 0.238. The Labute approximate surface area is 277 Å². The van der Waals surface area contributed by atoms with E-state index in [1.54, 1.807) is 0 Å². The number of pyridine rings is 1. The zero-order chi connectivity index (χ0) is 33.1. The van der Waals surface area contributed by atoms with Gasteiger partial charge in [0.2, 0.25) is 0 Å². The Bertz CT molecular complexity index is 2310. The third kappa shape index (κ3) is 5.01. The van der Waals surface area contributed by atoms with Crippen LogP contribution in [0.1, 0.15) is 64.5 Å². The van der Waals surface area contributed by atoms with Crippen molar-refractivity contribution in [3.63, 3.8) is 0 Å². The zero-order valence-electron chi connectivity index (χ0n) is 28.9. The standard InChI is InChI=1S/C42H42N4O/c1-24(2)40-26(4)28(6)41(29(7)27(40)5)42-30(8)44-46(31(42)9)32-13-12-14-33(22-32)47-34-17-18-36-35-15-10-11-16-37(35)45(38(36)23-34)39-21-25(3)19-20-43-39/h10-24H,1-9H3. The highest BCUT2D eigenvalue weighted by atomic mass is 16.5. The summed E-state index contributed by atoms with van der Waals surface area (Å²) in [5, 5.41) is 7.43. The Kier molecular flexibility index (Phi) is 7.51. The topological polar surface area (TPSA) is 44.9 Å².